The summed E-state index contributed by atoms with van der Waals surface area (Å²) in [5.41, 5.74) is 6.59. The first-order valence-electron chi connectivity index (χ1n) is 6.71. The van der Waals surface area contributed by atoms with E-state index < -0.39 is 0 Å². The summed E-state index contributed by atoms with van der Waals surface area (Å²) < 4.78 is 0. The van der Waals surface area contributed by atoms with Crippen LogP contribution in [-0.4, -0.2) is 29.1 Å². The van der Waals surface area contributed by atoms with Crippen LogP contribution in [0, 0.1) is 5.41 Å². The van der Waals surface area contributed by atoms with Gasteiger partial charge in [0.25, 0.3) is 0 Å². The SMILES string of the molecule is CC1(C)CCCN(c2ccc(C(N)=NO)cn2)CC1. The van der Waals surface area contributed by atoms with Gasteiger partial charge in [-0.1, -0.05) is 19.0 Å². The van der Waals surface area contributed by atoms with Gasteiger partial charge in [-0.25, -0.2) is 4.98 Å². The van der Waals surface area contributed by atoms with E-state index in [1.165, 1.54) is 19.3 Å². The van der Waals surface area contributed by atoms with Gasteiger partial charge in [0, 0.05) is 24.8 Å². The van der Waals surface area contributed by atoms with Crippen LogP contribution in [0.5, 0.6) is 0 Å². The second-order valence-corrected chi connectivity index (χ2v) is 5.90. The van der Waals surface area contributed by atoms with Gasteiger partial charge < -0.3 is 15.8 Å². The molecule has 2 rings (SSSR count). The highest BCUT2D eigenvalue weighted by atomic mass is 16.4. The van der Waals surface area contributed by atoms with E-state index in [9.17, 15) is 0 Å². The number of aromatic nitrogens is 1. The third-order valence-corrected chi connectivity index (χ3v) is 3.82. The first-order chi connectivity index (χ1) is 9.02. The van der Waals surface area contributed by atoms with Gasteiger partial charge in [-0.3, -0.25) is 0 Å². The van der Waals surface area contributed by atoms with E-state index in [0.29, 0.717) is 11.0 Å². The van der Waals surface area contributed by atoms with Crippen LogP contribution in [-0.2, 0) is 0 Å². The highest BCUT2D eigenvalue weighted by molar-refractivity contribution is 5.96. The lowest BCUT2D eigenvalue weighted by Crippen LogP contribution is -2.26. The number of pyridine rings is 1. The van der Waals surface area contributed by atoms with Crippen molar-refractivity contribution in [3.63, 3.8) is 0 Å². The van der Waals surface area contributed by atoms with Gasteiger partial charge in [0.1, 0.15) is 5.82 Å². The van der Waals surface area contributed by atoms with E-state index in [2.05, 4.69) is 28.9 Å². The van der Waals surface area contributed by atoms with Gasteiger partial charge in [-0.15, -0.1) is 0 Å². The van der Waals surface area contributed by atoms with E-state index in [0.717, 1.165) is 18.9 Å². The Bertz CT molecular complexity index is 453. The first kappa shape index (κ1) is 13.6. The predicted molar refractivity (Wildman–Crippen MR) is 76.6 cm³/mol. The molecule has 0 aliphatic carbocycles. The maximum atomic E-state index is 8.63. The van der Waals surface area contributed by atoms with Crippen molar-refractivity contribution in [2.45, 2.75) is 33.1 Å². The second kappa shape index (κ2) is 5.47. The van der Waals surface area contributed by atoms with Crippen molar-refractivity contribution in [3.05, 3.63) is 23.9 Å². The molecule has 1 aliphatic heterocycles. The molecular formula is C14H22N4O. The normalized spacial score (nSPS) is 20.1. The van der Waals surface area contributed by atoms with E-state index >= 15 is 0 Å². The van der Waals surface area contributed by atoms with Crippen molar-refractivity contribution in [3.8, 4) is 0 Å². The lowest BCUT2D eigenvalue weighted by Gasteiger charge is -2.24. The number of hydrogen-bond donors (Lipinski definition) is 2. The summed E-state index contributed by atoms with van der Waals surface area (Å²) in [4.78, 5) is 6.73. The first-order valence-corrected chi connectivity index (χ1v) is 6.71. The molecule has 1 saturated heterocycles. The van der Waals surface area contributed by atoms with Crippen LogP contribution in [0.1, 0.15) is 38.7 Å². The molecule has 0 aromatic carbocycles. The minimum absolute atomic E-state index is 0.0936. The molecule has 1 aromatic rings. The van der Waals surface area contributed by atoms with Gasteiger partial charge in [-0.05, 0) is 36.8 Å². The number of rotatable bonds is 2. The Hall–Kier alpha value is -1.78. The molecule has 0 bridgehead atoms. The van der Waals surface area contributed by atoms with Crippen molar-refractivity contribution >= 4 is 11.7 Å². The fourth-order valence-electron chi connectivity index (χ4n) is 2.43. The van der Waals surface area contributed by atoms with Crippen LogP contribution in [0.15, 0.2) is 23.5 Å². The zero-order chi connectivity index (χ0) is 13.9. The predicted octanol–water partition coefficient (Wildman–Crippen LogP) is 2.19. The Labute approximate surface area is 114 Å². The highest BCUT2D eigenvalue weighted by Crippen LogP contribution is 2.31. The Morgan fingerprint density at radius 1 is 1.37 bits per heavy atom. The molecular weight excluding hydrogens is 240 g/mol. The molecule has 5 heteroatoms. The maximum Gasteiger partial charge on any atom is 0.171 e. The summed E-state index contributed by atoms with van der Waals surface area (Å²) >= 11 is 0. The monoisotopic (exact) mass is 262 g/mol. The molecule has 0 unspecified atom stereocenters. The van der Waals surface area contributed by atoms with Crippen molar-refractivity contribution in [2.75, 3.05) is 18.0 Å². The third kappa shape index (κ3) is 3.36. The van der Waals surface area contributed by atoms with Crippen LogP contribution >= 0.6 is 0 Å². The summed E-state index contributed by atoms with van der Waals surface area (Å²) in [6, 6.07) is 3.78. The van der Waals surface area contributed by atoms with Crippen LogP contribution < -0.4 is 10.6 Å². The maximum absolute atomic E-state index is 8.63. The summed E-state index contributed by atoms with van der Waals surface area (Å²) in [7, 11) is 0. The molecule has 0 saturated carbocycles. The molecule has 0 atom stereocenters. The van der Waals surface area contributed by atoms with E-state index in [4.69, 9.17) is 10.9 Å². The van der Waals surface area contributed by atoms with Crippen molar-refractivity contribution in [1.29, 1.82) is 0 Å². The number of oxime groups is 1. The Balaban J connectivity index is 2.10. The lowest BCUT2D eigenvalue weighted by molar-refractivity contribution is 0.318. The molecule has 19 heavy (non-hydrogen) atoms. The zero-order valence-corrected chi connectivity index (χ0v) is 11.6. The van der Waals surface area contributed by atoms with Crippen LogP contribution in [0.4, 0.5) is 5.82 Å². The molecule has 0 spiro atoms. The molecule has 104 valence electrons. The number of amidine groups is 1. The summed E-state index contributed by atoms with van der Waals surface area (Å²) in [6.07, 6.45) is 5.28. The topological polar surface area (TPSA) is 74.7 Å². The van der Waals surface area contributed by atoms with E-state index in [-0.39, 0.29) is 5.84 Å². The van der Waals surface area contributed by atoms with Crippen molar-refractivity contribution in [1.82, 2.24) is 4.98 Å². The van der Waals surface area contributed by atoms with Crippen LogP contribution in [0.3, 0.4) is 0 Å². The van der Waals surface area contributed by atoms with Gasteiger partial charge in [-0.2, -0.15) is 0 Å². The van der Waals surface area contributed by atoms with Crippen LogP contribution in [0.25, 0.3) is 0 Å². The Morgan fingerprint density at radius 3 is 2.79 bits per heavy atom. The van der Waals surface area contributed by atoms with Gasteiger partial charge in [0.15, 0.2) is 5.84 Å². The fraction of sp³-hybridized carbons (Fsp3) is 0.571. The fourth-order valence-corrected chi connectivity index (χ4v) is 2.43. The largest absolute Gasteiger partial charge is 0.409 e. The number of hydrogen-bond acceptors (Lipinski definition) is 4. The second-order valence-electron chi connectivity index (χ2n) is 5.90. The molecule has 1 aromatic heterocycles. The Morgan fingerprint density at radius 2 is 2.16 bits per heavy atom. The number of anilines is 1. The third-order valence-electron chi connectivity index (χ3n) is 3.82. The molecule has 3 N–H and O–H groups in total. The summed E-state index contributed by atoms with van der Waals surface area (Å²) in [6.45, 7) is 6.72. The van der Waals surface area contributed by atoms with Gasteiger partial charge >= 0.3 is 0 Å². The molecule has 0 amide bonds. The minimum Gasteiger partial charge on any atom is -0.409 e. The quantitative estimate of drug-likeness (QED) is 0.371. The highest BCUT2D eigenvalue weighted by Gasteiger charge is 2.23. The van der Waals surface area contributed by atoms with Gasteiger partial charge in [0.05, 0.1) is 0 Å². The van der Waals surface area contributed by atoms with Crippen LogP contribution in [0.2, 0.25) is 0 Å². The molecule has 0 radical (unpaired) electrons. The van der Waals surface area contributed by atoms with E-state index in [1.54, 1.807) is 6.20 Å². The average molecular weight is 262 g/mol. The lowest BCUT2D eigenvalue weighted by atomic mass is 9.85. The number of nitrogens with two attached hydrogens (primary N) is 1. The zero-order valence-electron chi connectivity index (χ0n) is 11.6. The minimum atomic E-state index is 0.0936. The Kier molecular flexibility index (Phi) is 3.93. The van der Waals surface area contributed by atoms with Crippen molar-refractivity contribution in [2.24, 2.45) is 16.3 Å². The smallest absolute Gasteiger partial charge is 0.171 e. The van der Waals surface area contributed by atoms with Gasteiger partial charge in [0.2, 0.25) is 0 Å². The standard InChI is InChI=1S/C14H22N4O/c1-14(2)6-3-8-18(9-7-14)12-5-4-11(10-16-12)13(15)17-19/h4-5,10,19H,3,6-9H2,1-2H3,(H2,15,17). The molecule has 1 fully saturated rings. The molecule has 2 heterocycles. The molecule has 1 aliphatic rings. The van der Waals surface area contributed by atoms with E-state index in [1.807, 2.05) is 12.1 Å². The number of nitrogens with zero attached hydrogens (tertiary/aromatic N) is 3. The van der Waals surface area contributed by atoms with Crippen molar-refractivity contribution < 1.29 is 5.21 Å². The molecule has 5 nitrogen and oxygen atoms in total. The summed E-state index contributed by atoms with van der Waals surface area (Å²) in [5, 5.41) is 11.6. The average Bonchev–Trinajstić information content (AvgIpc) is 2.59. The summed E-state index contributed by atoms with van der Waals surface area (Å²) in [5.74, 6) is 1.06.